The van der Waals surface area contributed by atoms with E-state index in [0.29, 0.717) is 19.1 Å². The van der Waals surface area contributed by atoms with Gasteiger partial charge in [-0.3, -0.25) is 4.79 Å². The number of nitrogens with one attached hydrogen (secondary N) is 1. The first-order valence-electron chi connectivity index (χ1n) is 7.86. The highest BCUT2D eigenvalue weighted by Gasteiger charge is 2.31. The second-order valence-corrected chi connectivity index (χ2v) is 5.63. The number of nitrogens with zero attached hydrogens (tertiary/aromatic N) is 1. The zero-order valence-electron chi connectivity index (χ0n) is 13.3. The van der Waals surface area contributed by atoms with Gasteiger partial charge in [-0.05, 0) is 31.9 Å². The summed E-state index contributed by atoms with van der Waals surface area (Å²) in [6, 6.07) is 8.24. The van der Waals surface area contributed by atoms with Crippen LogP contribution in [0.3, 0.4) is 0 Å². The molecule has 0 fully saturated rings. The molecular formula is C17H26N2O2. The molecule has 1 aromatic carbocycles. The van der Waals surface area contributed by atoms with Gasteiger partial charge in [0, 0.05) is 37.9 Å². The molecule has 2 atom stereocenters. The van der Waals surface area contributed by atoms with Crippen molar-refractivity contribution in [1.29, 1.82) is 0 Å². The maximum absolute atomic E-state index is 12.3. The van der Waals surface area contributed by atoms with Gasteiger partial charge < -0.3 is 15.0 Å². The predicted octanol–water partition coefficient (Wildman–Crippen LogP) is 2.54. The Morgan fingerprint density at radius 3 is 3.00 bits per heavy atom. The summed E-state index contributed by atoms with van der Waals surface area (Å²) >= 11 is 0. The van der Waals surface area contributed by atoms with Gasteiger partial charge in [-0.1, -0.05) is 25.1 Å². The number of amides is 1. The molecule has 1 aliphatic heterocycles. The maximum atomic E-state index is 12.3. The summed E-state index contributed by atoms with van der Waals surface area (Å²) in [6.45, 7) is 9.19. The smallest absolute Gasteiger partial charge is 0.242 e. The van der Waals surface area contributed by atoms with Crippen molar-refractivity contribution in [2.75, 3.05) is 31.2 Å². The van der Waals surface area contributed by atoms with Crippen LogP contribution in [-0.2, 0) is 9.53 Å². The Kier molecular flexibility index (Phi) is 5.62. The van der Waals surface area contributed by atoms with Crippen LogP contribution >= 0.6 is 0 Å². The molecule has 21 heavy (non-hydrogen) atoms. The molecule has 4 heteroatoms. The van der Waals surface area contributed by atoms with Crippen molar-refractivity contribution < 1.29 is 9.53 Å². The lowest BCUT2D eigenvalue weighted by Gasteiger charge is -2.26. The first-order chi connectivity index (χ1) is 10.1. The summed E-state index contributed by atoms with van der Waals surface area (Å²) in [6.07, 6.45) is 0.860. The van der Waals surface area contributed by atoms with Gasteiger partial charge in [0.05, 0.1) is 0 Å². The average molecular weight is 290 g/mol. The minimum Gasteiger partial charge on any atom is -0.382 e. The Labute approximate surface area is 127 Å². The van der Waals surface area contributed by atoms with Crippen LogP contribution in [0, 0.1) is 0 Å². The van der Waals surface area contributed by atoms with Crippen molar-refractivity contribution in [3.63, 3.8) is 0 Å². The fourth-order valence-electron chi connectivity index (χ4n) is 2.84. The van der Waals surface area contributed by atoms with E-state index in [2.05, 4.69) is 35.3 Å². The van der Waals surface area contributed by atoms with Gasteiger partial charge in [0.15, 0.2) is 0 Å². The van der Waals surface area contributed by atoms with E-state index < -0.39 is 0 Å². The minimum atomic E-state index is -0.136. The lowest BCUT2D eigenvalue weighted by Crippen LogP contribution is -2.45. The van der Waals surface area contributed by atoms with Crippen LogP contribution < -0.4 is 10.2 Å². The van der Waals surface area contributed by atoms with E-state index in [0.717, 1.165) is 19.6 Å². The number of hydrogen-bond donors (Lipinski definition) is 1. The quantitative estimate of drug-likeness (QED) is 0.785. The lowest BCUT2D eigenvalue weighted by atomic mass is 10.0. The lowest BCUT2D eigenvalue weighted by molar-refractivity contribution is -0.122. The first-order valence-corrected chi connectivity index (χ1v) is 7.86. The molecule has 4 nitrogen and oxygen atoms in total. The van der Waals surface area contributed by atoms with E-state index in [-0.39, 0.29) is 11.9 Å². The van der Waals surface area contributed by atoms with Crippen LogP contribution in [0.25, 0.3) is 0 Å². The van der Waals surface area contributed by atoms with Crippen LogP contribution in [0.15, 0.2) is 24.3 Å². The van der Waals surface area contributed by atoms with Crippen molar-refractivity contribution in [3.05, 3.63) is 29.8 Å². The third-order valence-corrected chi connectivity index (χ3v) is 4.06. The topological polar surface area (TPSA) is 41.6 Å². The molecule has 0 bridgehead atoms. The normalized spacial score (nSPS) is 18.4. The number of fused-ring (bicyclic) bond motifs is 1. The van der Waals surface area contributed by atoms with Gasteiger partial charge in [0.2, 0.25) is 5.91 Å². The Morgan fingerprint density at radius 2 is 2.24 bits per heavy atom. The fourth-order valence-corrected chi connectivity index (χ4v) is 2.84. The monoisotopic (exact) mass is 290 g/mol. The zero-order valence-corrected chi connectivity index (χ0v) is 13.3. The van der Waals surface area contributed by atoms with E-state index in [1.165, 1.54) is 11.3 Å². The largest absolute Gasteiger partial charge is 0.382 e. The van der Waals surface area contributed by atoms with Gasteiger partial charge in [0.1, 0.15) is 6.04 Å². The summed E-state index contributed by atoms with van der Waals surface area (Å²) in [5.74, 6) is 0.574. The summed E-state index contributed by atoms with van der Waals surface area (Å²) in [4.78, 5) is 14.5. The van der Waals surface area contributed by atoms with Crippen molar-refractivity contribution >= 4 is 11.6 Å². The Balaban J connectivity index is 1.89. The maximum Gasteiger partial charge on any atom is 0.242 e. The van der Waals surface area contributed by atoms with E-state index in [1.807, 2.05) is 19.9 Å². The molecule has 0 saturated heterocycles. The zero-order chi connectivity index (χ0) is 15.2. The Hall–Kier alpha value is -1.55. The second-order valence-electron chi connectivity index (χ2n) is 5.63. The van der Waals surface area contributed by atoms with Crippen molar-refractivity contribution in [2.24, 2.45) is 0 Å². The fraction of sp³-hybridized carbons (Fsp3) is 0.588. The van der Waals surface area contributed by atoms with Crippen molar-refractivity contribution in [1.82, 2.24) is 5.32 Å². The molecule has 116 valence electrons. The molecule has 0 aromatic heterocycles. The molecule has 1 heterocycles. The third-order valence-electron chi connectivity index (χ3n) is 4.06. The molecule has 1 aromatic rings. The SMILES string of the molecule is CCOCCCNC(=O)C(C)N1CC(C)c2ccccc21. The van der Waals surface area contributed by atoms with Crippen LogP contribution in [0.5, 0.6) is 0 Å². The van der Waals surface area contributed by atoms with Crippen molar-refractivity contribution in [3.8, 4) is 0 Å². The molecular weight excluding hydrogens is 264 g/mol. The predicted molar refractivity (Wildman–Crippen MR) is 85.8 cm³/mol. The molecule has 1 amide bonds. The average Bonchev–Trinajstić information content (AvgIpc) is 2.84. The van der Waals surface area contributed by atoms with E-state index in [9.17, 15) is 4.79 Å². The van der Waals surface area contributed by atoms with Gasteiger partial charge in [0.25, 0.3) is 0 Å². The molecule has 0 aliphatic carbocycles. The number of ether oxygens (including phenoxy) is 1. The molecule has 1 aliphatic rings. The highest BCUT2D eigenvalue weighted by molar-refractivity contribution is 5.85. The number of carbonyl (C=O) groups is 1. The second kappa shape index (κ2) is 7.46. The van der Waals surface area contributed by atoms with Gasteiger partial charge in [-0.25, -0.2) is 0 Å². The number of rotatable bonds is 7. The minimum absolute atomic E-state index is 0.0930. The third kappa shape index (κ3) is 3.76. The van der Waals surface area contributed by atoms with Gasteiger partial charge >= 0.3 is 0 Å². The number of para-hydroxylation sites is 1. The molecule has 0 saturated carbocycles. The number of hydrogen-bond acceptors (Lipinski definition) is 3. The highest BCUT2D eigenvalue weighted by atomic mass is 16.5. The number of anilines is 1. The molecule has 0 radical (unpaired) electrons. The van der Waals surface area contributed by atoms with Crippen molar-refractivity contribution in [2.45, 2.75) is 39.2 Å². The summed E-state index contributed by atoms with van der Waals surface area (Å²) in [7, 11) is 0. The number of carbonyl (C=O) groups excluding carboxylic acids is 1. The van der Waals surface area contributed by atoms with Crippen LogP contribution in [0.1, 0.15) is 38.7 Å². The Bertz CT molecular complexity index is 476. The standard InChI is InChI=1S/C17H26N2O2/c1-4-21-11-7-10-18-17(20)14(3)19-12-13(2)15-8-5-6-9-16(15)19/h5-6,8-9,13-14H,4,7,10-12H2,1-3H3,(H,18,20). The number of benzene rings is 1. The van der Waals surface area contributed by atoms with Gasteiger partial charge in [-0.2, -0.15) is 0 Å². The summed E-state index contributed by atoms with van der Waals surface area (Å²) < 4.78 is 5.27. The molecule has 2 unspecified atom stereocenters. The Morgan fingerprint density at radius 1 is 1.48 bits per heavy atom. The van der Waals surface area contributed by atoms with E-state index >= 15 is 0 Å². The van der Waals surface area contributed by atoms with Gasteiger partial charge in [-0.15, -0.1) is 0 Å². The first kappa shape index (κ1) is 15.8. The van der Waals surface area contributed by atoms with E-state index in [4.69, 9.17) is 4.74 Å². The van der Waals surface area contributed by atoms with Crippen LogP contribution in [0.4, 0.5) is 5.69 Å². The van der Waals surface area contributed by atoms with Crippen LogP contribution in [0.2, 0.25) is 0 Å². The summed E-state index contributed by atoms with van der Waals surface area (Å²) in [5, 5.41) is 3.00. The molecule has 1 N–H and O–H groups in total. The molecule has 2 rings (SSSR count). The highest BCUT2D eigenvalue weighted by Crippen LogP contribution is 2.36. The van der Waals surface area contributed by atoms with Crippen LogP contribution in [-0.4, -0.2) is 38.3 Å². The summed E-state index contributed by atoms with van der Waals surface area (Å²) in [5.41, 5.74) is 2.54. The molecule has 0 spiro atoms. The van der Waals surface area contributed by atoms with E-state index in [1.54, 1.807) is 0 Å².